The first-order valence-electron chi connectivity index (χ1n) is 5.42. The number of methoxy groups -OCH3 is 1. The van der Waals surface area contributed by atoms with Crippen LogP contribution in [0.15, 0.2) is 29.2 Å². The molecule has 1 aromatic rings. The van der Waals surface area contributed by atoms with Crippen molar-refractivity contribution in [2.75, 3.05) is 13.7 Å². The lowest BCUT2D eigenvalue weighted by Gasteiger charge is -2.22. The summed E-state index contributed by atoms with van der Waals surface area (Å²) in [5.74, 6) is 0.927. The summed E-state index contributed by atoms with van der Waals surface area (Å²) in [5.41, 5.74) is 0. The van der Waals surface area contributed by atoms with Gasteiger partial charge in [-0.1, -0.05) is 0 Å². The number of nitrogens with one attached hydrogen (secondary N) is 1. The Balaban J connectivity index is 1.91. The van der Waals surface area contributed by atoms with Crippen LogP contribution in [0, 0.1) is 0 Å². The molecule has 1 aliphatic heterocycles. The fraction of sp³-hybridized carbons (Fsp3) is 0.500. The largest absolute Gasteiger partial charge is 0.497 e. The van der Waals surface area contributed by atoms with Gasteiger partial charge >= 0.3 is 0 Å². The monoisotopic (exact) mass is 223 g/mol. The molecule has 1 heterocycles. The number of piperidine rings is 1. The van der Waals surface area contributed by atoms with Gasteiger partial charge in [0.15, 0.2) is 0 Å². The molecule has 3 heteroatoms. The highest BCUT2D eigenvalue weighted by atomic mass is 32.2. The molecule has 2 rings (SSSR count). The van der Waals surface area contributed by atoms with E-state index in [0.717, 1.165) is 12.3 Å². The maximum absolute atomic E-state index is 5.13. The van der Waals surface area contributed by atoms with Crippen LogP contribution in [0.3, 0.4) is 0 Å². The number of hydrogen-bond donors (Lipinski definition) is 1. The van der Waals surface area contributed by atoms with Gasteiger partial charge in [0, 0.05) is 4.90 Å². The van der Waals surface area contributed by atoms with Crippen LogP contribution in [0.25, 0.3) is 0 Å². The first kappa shape index (κ1) is 10.8. The summed E-state index contributed by atoms with van der Waals surface area (Å²) in [6.45, 7) is 1.16. The third kappa shape index (κ3) is 3.14. The summed E-state index contributed by atoms with van der Waals surface area (Å²) in [5, 5.41) is 4.12. The van der Waals surface area contributed by atoms with Gasteiger partial charge in [-0.15, -0.1) is 11.8 Å². The molecule has 82 valence electrons. The van der Waals surface area contributed by atoms with Gasteiger partial charge in [-0.05, 0) is 50.1 Å². The van der Waals surface area contributed by atoms with E-state index >= 15 is 0 Å². The summed E-state index contributed by atoms with van der Waals surface area (Å²) >= 11 is 1.92. The van der Waals surface area contributed by atoms with Gasteiger partial charge in [0.05, 0.1) is 12.5 Å². The lowest BCUT2D eigenvalue weighted by molar-refractivity contribution is 0.414. The number of ether oxygens (including phenoxy) is 1. The minimum Gasteiger partial charge on any atom is -0.497 e. The van der Waals surface area contributed by atoms with Crippen molar-refractivity contribution in [1.29, 1.82) is 0 Å². The highest BCUT2D eigenvalue weighted by Crippen LogP contribution is 2.28. The molecule has 1 atom stereocenters. The molecular formula is C12H17NOS. The van der Waals surface area contributed by atoms with Crippen molar-refractivity contribution in [1.82, 2.24) is 5.32 Å². The van der Waals surface area contributed by atoms with Crippen LogP contribution < -0.4 is 10.1 Å². The second kappa shape index (κ2) is 5.42. The lowest BCUT2D eigenvalue weighted by Crippen LogP contribution is -2.30. The molecule has 0 bridgehead atoms. The highest BCUT2D eigenvalue weighted by molar-refractivity contribution is 7.99. The van der Waals surface area contributed by atoms with Gasteiger partial charge in [-0.25, -0.2) is 0 Å². The third-order valence-electron chi connectivity index (χ3n) is 2.60. The quantitative estimate of drug-likeness (QED) is 0.851. The third-order valence-corrected chi connectivity index (χ3v) is 3.83. The van der Waals surface area contributed by atoms with Crippen LogP contribution in [0.2, 0.25) is 0 Å². The minimum absolute atomic E-state index is 0.590. The van der Waals surface area contributed by atoms with Gasteiger partial charge in [-0.2, -0.15) is 0 Å². The minimum atomic E-state index is 0.590. The van der Waals surface area contributed by atoms with E-state index < -0.39 is 0 Å². The van der Waals surface area contributed by atoms with Crippen molar-refractivity contribution in [2.24, 2.45) is 0 Å². The van der Waals surface area contributed by atoms with Crippen molar-refractivity contribution in [3.63, 3.8) is 0 Å². The van der Waals surface area contributed by atoms with Crippen molar-refractivity contribution >= 4 is 11.8 Å². The molecule has 0 aliphatic carbocycles. The Labute approximate surface area is 95.4 Å². The molecular weight excluding hydrogens is 206 g/mol. The van der Waals surface area contributed by atoms with Crippen molar-refractivity contribution in [2.45, 2.75) is 29.5 Å². The van der Waals surface area contributed by atoms with Crippen LogP contribution >= 0.6 is 11.8 Å². The van der Waals surface area contributed by atoms with E-state index in [9.17, 15) is 0 Å². The van der Waals surface area contributed by atoms with E-state index in [1.165, 1.54) is 24.2 Å². The zero-order valence-electron chi connectivity index (χ0n) is 9.03. The van der Waals surface area contributed by atoms with E-state index in [-0.39, 0.29) is 0 Å². The Hall–Kier alpha value is -0.670. The molecule has 0 amide bonds. The summed E-state index contributed by atoms with van der Waals surface area (Å²) < 4.78 is 5.13. The molecule has 0 saturated carbocycles. The molecule has 0 radical (unpaired) electrons. The standard InChI is InChI=1S/C12H17NOS/c1-14-10-5-7-11(8-6-10)15-12-4-2-3-9-13-12/h5-8,12-13H,2-4,9H2,1H3. The van der Waals surface area contributed by atoms with Crippen LogP contribution in [0.1, 0.15) is 19.3 Å². The van der Waals surface area contributed by atoms with Crippen molar-refractivity contribution in [3.05, 3.63) is 24.3 Å². The van der Waals surface area contributed by atoms with Crippen LogP contribution in [-0.2, 0) is 0 Å². The van der Waals surface area contributed by atoms with Crippen molar-refractivity contribution in [3.8, 4) is 5.75 Å². The topological polar surface area (TPSA) is 21.3 Å². The van der Waals surface area contributed by atoms with Crippen LogP contribution in [-0.4, -0.2) is 19.0 Å². The maximum Gasteiger partial charge on any atom is 0.118 e. The predicted octanol–water partition coefficient (Wildman–Crippen LogP) is 2.89. The van der Waals surface area contributed by atoms with Crippen LogP contribution in [0.5, 0.6) is 5.75 Å². The van der Waals surface area contributed by atoms with Crippen LogP contribution in [0.4, 0.5) is 0 Å². The summed E-state index contributed by atoms with van der Waals surface area (Å²) in [6, 6.07) is 8.29. The number of benzene rings is 1. The molecule has 1 unspecified atom stereocenters. The fourth-order valence-electron chi connectivity index (χ4n) is 1.74. The van der Waals surface area contributed by atoms with E-state index in [2.05, 4.69) is 17.4 Å². The molecule has 1 aromatic carbocycles. The van der Waals surface area contributed by atoms with E-state index in [4.69, 9.17) is 4.74 Å². The van der Waals surface area contributed by atoms with Crippen molar-refractivity contribution < 1.29 is 4.74 Å². The molecule has 0 aromatic heterocycles. The predicted molar refractivity (Wildman–Crippen MR) is 64.5 cm³/mol. The molecule has 1 fully saturated rings. The Morgan fingerprint density at radius 3 is 2.67 bits per heavy atom. The number of rotatable bonds is 3. The van der Waals surface area contributed by atoms with Gasteiger partial charge in [0.1, 0.15) is 5.75 Å². The SMILES string of the molecule is COc1ccc(SC2CCCCN2)cc1. The van der Waals surface area contributed by atoms with E-state index in [1.807, 2.05) is 23.9 Å². The number of hydrogen-bond acceptors (Lipinski definition) is 3. The molecule has 1 N–H and O–H groups in total. The Bertz CT molecular complexity index is 293. The van der Waals surface area contributed by atoms with Gasteiger partial charge in [-0.3, -0.25) is 0 Å². The highest BCUT2D eigenvalue weighted by Gasteiger charge is 2.13. The first-order valence-corrected chi connectivity index (χ1v) is 6.30. The molecule has 2 nitrogen and oxygen atoms in total. The maximum atomic E-state index is 5.13. The average Bonchev–Trinajstić information content (AvgIpc) is 2.31. The molecule has 0 spiro atoms. The molecule has 15 heavy (non-hydrogen) atoms. The number of thioether (sulfide) groups is 1. The second-order valence-corrected chi connectivity index (χ2v) is 5.01. The van der Waals surface area contributed by atoms with E-state index in [0.29, 0.717) is 5.37 Å². The van der Waals surface area contributed by atoms with Gasteiger partial charge in [0.25, 0.3) is 0 Å². The zero-order chi connectivity index (χ0) is 10.5. The molecule has 1 aliphatic rings. The smallest absolute Gasteiger partial charge is 0.118 e. The summed E-state index contributed by atoms with van der Waals surface area (Å²) in [6.07, 6.45) is 3.94. The summed E-state index contributed by atoms with van der Waals surface area (Å²) in [4.78, 5) is 1.32. The second-order valence-electron chi connectivity index (χ2n) is 3.73. The van der Waals surface area contributed by atoms with Gasteiger partial charge < -0.3 is 10.1 Å². The normalized spacial score (nSPS) is 21.3. The lowest BCUT2D eigenvalue weighted by atomic mass is 10.2. The van der Waals surface area contributed by atoms with Gasteiger partial charge in [0.2, 0.25) is 0 Å². The van der Waals surface area contributed by atoms with E-state index in [1.54, 1.807) is 7.11 Å². The fourth-order valence-corrected chi connectivity index (χ4v) is 2.85. The Kier molecular flexibility index (Phi) is 3.92. The Morgan fingerprint density at radius 2 is 2.07 bits per heavy atom. The Morgan fingerprint density at radius 1 is 1.27 bits per heavy atom. The average molecular weight is 223 g/mol. The first-order chi connectivity index (χ1) is 7.38. The zero-order valence-corrected chi connectivity index (χ0v) is 9.85. The summed E-state index contributed by atoms with van der Waals surface area (Å²) in [7, 11) is 1.70. The molecule has 1 saturated heterocycles.